The van der Waals surface area contributed by atoms with Gasteiger partial charge in [-0.05, 0) is 49.3 Å². The minimum Gasteiger partial charge on any atom is -0.383 e. The molecule has 1 aromatic heterocycles. The summed E-state index contributed by atoms with van der Waals surface area (Å²) in [5.41, 5.74) is 3.13. The summed E-state index contributed by atoms with van der Waals surface area (Å²) < 4.78 is 5.41. The molecule has 2 aliphatic rings. The highest BCUT2D eigenvalue weighted by molar-refractivity contribution is 7.15. The monoisotopic (exact) mass is 428 g/mol. The lowest BCUT2D eigenvalue weighted by atomic mass is 9.95. The van der Waals surface area contributed by atoms with Gasteiger partial charge in [-0.3, -0.25) is 9.80 Å². The first kappa shape index (κ1) is 21.8. The minimum absolute atomic E-state index is 0.696. The molecule has 1 aliphatic heterocycles. The Bertz CT molecular complexity index is 783. The standard InChI is InChI=1S/C24H36N4OS/c1-26(2)24-25-15-23(30-24)18-27(11-12-29-3)16-19-7-6-10-28(17-19)22-13-20-8-4-5-9-21(20)14-22/h4-5,8-9,15,19,22H,6-7,10-14,16-18H2,1-3H3/t19-/m0/s1. The Hall–Kier alpha value is -1.47. The second kappa shape index (κ2) is 10.2. The van der Waals surface area contributed by atoms with Gasteiger partial charge in [0.05, 0.1) is 6.61 Å². The van der Waals surface area contributed by atoms with Gasteiger partial charge in [-0.25, -0.2) is 4.98 Å². The van der Waals surface area contributed by atoms with Crippen molar-refractivity contribution >= 4 is 16.5 Å². The molecule has 0 spiro atoms. The Labute approximate surface area is 185 Å². The fourth-order valence-electron chi connectivity index (χ4n) is 4.99. The lowest BCUT2D eigenvalue weighted by molar-refractivity contribution is 0.0847. The first-order chi connectivity index (χ1) is 14.6. The molecule has 0 amide bonds. The van der Waals surface area contributed by atoms with E-state index in [2.05, 4.69) is 58.0 Å². The zero-order valence-corrected chi connectivity index (χ0v) is 19.5. The van der Waals surface area contributed by atoms with E-state index >= 15 is 0 Å². The molecule has 5 nitrogen and oxygen atoms in total. The smallest absolute Gasteiger partial charge is 0.185 e. The van der Waals surface area contributed by atoms with Crippen LogP contribution in [0.15, 0.2) is 30.5 Å². The third-order valence-electron chi connectivity index (χ3n) is 6.53. The van der Waals surface area contributed by atoms with Crippen molar-refractivity contribution < 1.29 is 4.74 Å². The van der Waals surface area contributed by atoms with Crippen LogP contribution in [0, 0.1) is 5.92 Å². The number of fused-ring (bicyclic) bond motifs is 1. The number of thiazole rings is 1. The van der Waals surface area contributed by atoms with Crippen LogP contribution in [0.3, 0.4) is 0 Å². The summed E-state index contributed by atoms with van der Waals surface area (Å²) in [7, 11) is 5.92. The molecular weight excluding hydrogens is 392 g/mol. The maximum atomic E-state index is 5.41. The van der Waals surface area contributed by atoms with E-state index in [-0.39, 0.29) is 0 Å². The molecule has 0 saturated carbocycles. The van der Waals surface area contributed by atoms with Crippen molar-refractivity contribution in [3.05, 3.63) is 46.5 Å². The molecule has 1 aliphatic carbocycles. The number of piperidine rings is 1. The van der Waals surface area contributed by atoms with Crippen LogP contribution in [-0.4, -0.2) is 74.8 Å². The van der Waals surface area contributed by atoms with Gasteiger partial charge in [0.1, 0.15) is 0 Å². The van der Waals surface area contributed by atoms with Gasteiger partial charge in [0.25, 0.3) is 0 Å². The average Bonchev–Trinajstić information content (AvgIpc) is 3.39. The molecule has 6 heteroatoms. The number of methoxy groups -OCH3 is 1. The quantitative estimate of drug-likeness (QED) is 0.610. The van der Waals surface area contributed by atoms with Crippen LogP contribution < -0.4 is 4.90 Å². The maximum absolute atomic E-state index is 5.41. The van der Waals surface area contributed by atoms with Crippen molar-refractivity contribution in [2.24, 2.45) is 5.92 Å². The summed E-state index contributed by atoms with van der Waals surface area (Å²) in [4.78, 5) is 13.3. The zero-order chi connectivity index (χ0) is 20.9. The molecule has 1 aromatic carbocycles. The summed E-state index contributed by atoms with van der Waals surface area (Å²) >= 11 is 1.80. The lowest BCUT2D eigenvalue weighted by Gasteiger charge is -2.38. The van der Waals surface area contributed by atoms with E-state index in [0.29, 0.717) is 6.04 Å². The summed E-state index contributed by atoms with van der Waals surface area (Å²) in [5.74, 6) is 0.737. The Morgan fingerprint density at radius 1 is 1.20 bits per heavy atom. The van der Waals surface area contributed by atoms with Crippen molar-refractivity contribution in [1.82, 2.24) is 14.8 Å². The number of anilines is 1. The number of likely N-dealkylation sites (tertiary alicyclic amines) is 1. The van der Waals surface area contributed by atoms with E-state index in [0.717, 1.165) is 37.3 Å². The van der Waals surface area contributed by atoms with Crippen LogP contribution in [0.2, 0.25) is 0 Å². The second-order valence-electron chi connectivity index (χ2n) is 9.07. The van der Waals surface area contributed by atoms with E-state index in [1.807, 2.05) is 6.20 Å². The van der Waals surface area contributed by atoms with E-state index < -0.39 is 0 Å². The molecule has 164 valence electrons. The molecule has 2 heterocycles. The normalized spacial score (nSPS) is 20.1. The largest absolute Gasteiger partial charge is 0.383 e. The molecule has 1 atom stereocenters. The van der Waals surface area contributed by atoms with Crippen LogP contribution in [0.5, 0.6) is 0 Å². The van der Waals surface area contributed by atoms with Crippen LogP contribution in [-0.2, 0) is 24.1 Å². The zero-order valence-electron chi connectivity index (χ0n) is 18.7. The Balaban J connectivity index is 1.35. The van der Waals surface area contributed by atoms with Gasteiger partial charge in [0.15, 0.2) is 5.13 Å². The van der Waals surface area contributed by atoms with E-state index in [9.17, 15) is 0 Å². The maximum Gasteiger partial charge on any atom is 0.185 e. The molecule has 2 aromatic rings. The Morgan fingerprint density at radius 3 is 2.63 bits per heavy atom. The van der Waals surface area contributed by atoms with Crippen molar-refractivity contribution in [2.45, 2.75) is 38.3 Å². The first-order valence-corrected chi connectivity index (χ1v) is 12.1. The molecule has 0 bridgehead atoms. The van der Waals surface area contributed by atoms with Gasteiger partial charge in [-0.1, -0.05) is 24.3 Å². The number of aromatic nitrogens is 1. The van der Waals surface area contributed by atoms with Gasteiger partial charge in [-0.15, -0.1) is 11.3 Å². The van der Waals surface area contributed by atoms with Crippen molar-refractivity contribution in [3.8, 4) is 0 Å². The van der Waals surface area contributed by atoms with E-state index in [4.69, 9.17) is 4.74 Å². The Morgan fingerprint density at radius 2 is 1.97 bits per heavy atom. The Kier molecular flexibility index (Phi) is 7.41. The fraction of sp³-hybridized carbons (Fsp3) is 0.625. The predicted molar refractivity (Wildman–Crippen MR) is 126 cm³/mol. The van der Waals surface area contributed by atoms with Gasteiger partial charge < -0.3 is 9.64 Å². The van der Waals surface area contributed by atoms with Gasteiger partial charge in [0, 0.05) is 64.5 Å². The van der Waals surface area contributed by atoms with Crippen molar-refractivity contribution in [2.75, 3.05) is 58.9 Å². The lowest BCUT2D eigenvalue weighted by Crippen LogP contribution is -2.46. The summed E-state index contributed by atoms with van der Waals surface area (Å²) in [6.45, 7) is 6.38. The molecule has 4 rings (SSSR count). The molecule has 0 N–H and O–H groups in total. The number of benzene rings is 1. The summed E-state index contributed by atoms with van der Waals surface area (Å²) in [6, 6.07) is 9.71. The molecule has 30 heavy (non-hydrogen) atoms. The number of hydrogen-bond acceptors (Lipinski definition) is 6. The minimum atomic E-state index is 0.696. The highest BCUT2D eigenvalue weighted by atomic mass is 32.1. The number of hydrogen-bond donors (Lipinski definition) is 0. The fourth-order valence-corrected chi connectivity index (χ4v) is 5.86. The second-order valence-corrected chi connectivity index (χ2v) is 10.2. The van der Waals surface area contributed by atoms with Crippen LogP contribution in [0.4, 0.5) is 5.13 Å². The topological polar surface area (TPSA) is 31.8 Å². The van der Waals surface area contributed by atoms with Crippen LogP contribution in [0.1, 0.15) is 28.8 Å². The highest BCUT2D eigenvalue weighted by Gasteiger charge is 2.31. The molecule has 0 unspecified atom stereocenters. The molecule has 1 saturated heterocycles. The first-order valence-electron chi connectivity index (χ1n) is 11.3. The third kappa shape index (κ3) is 5.41. The summed E-state index contributed by atoms with van der Waals surface area (Å²) in [6.07, 6.45) is 7.16. The van der Waals surface area contributed by atoms with Gasteiger partial charge >= 0.3 is 0 Å². The summed E-state index contributed by atoms with van der Waals surface area (Å²) in [5, 5.41) is 1.08. The van der Waals surface area contributed by atoms with Crippen LogP contribution in [0.25, 0.3) is 0 Å². The number of nitrogens with zero attached hydrogens (tertiary/aromatic N) is 4. The van der Waals surface area contributed by atoms with E-state index in [1.54, 1.807) is 29.6 Å². The number of ether oxygens (including phenoxy) is 1. The average molecular weight is 429 g/mol. The SMILES string of the molecule is COCCN(Cc1cnc(N(C)C)s1)C[C@@H]1CCCN(C2Cc3ccccc3C2)C1. The van der Waals surface area contributed by atoms with Crippen molar-refractivity contribution in [1.29, 1.82) is 0 Å². The van der Waals surface area contributed by atoms with Gasteiger partial charge in [-0.2, -0.15) is 0 Å². The predicted octanol–water partition coefficient (Wildman–Crippen LogP) is 3.54. The van der Waals surface area contributed by atoms with Gasteiger partial charge in [0.2, 0.25) is 0 Å². The third-order valence-corrected chi connectivity index (χ3v) is 7.68. The van der Waals surface area contributed by atoms with E-state index in [1.165, 1.54) is 43.6 Å². The van der Waals surface area contributed by atoms with Crippen LogP contribution >= 0.6 is 11.3 Å². The van der Waals surface area contributed by atoms with Crippen molar-refractivity contribution in [3.63, 3.8) is 0 Å². The highest BCUT2D eigenvalue weighted by Crippen LogP contribution is 2.29. The molecule has 0 radical (unpaired) electrons. The number of rotatable bonds is 9. The molecular formula is C24H36N4OS. The molecule has 1 fully saturated rings.